The van der Waals surface area contributed by atoms with Crippen molar-refractivity contribution in [1.29, 1.82) is 10.7 Å². The predicted octanol–water partition coefficient (Wildman–Crippen LogP) is 2.27. The van der Waals surface area contributed by atoms with Crippen LogP contribution in [0.15, 0.2) is 6.07 Å². The summed E-state index contributed by atoms with van der Waals surface area (Å²) in [4.78, 5) is 25.2. The standard InChI is InChI=1S/C13H14N2O3S/c1-7-4-10(9(3)19-7)13(17)18-6-12(16)11(5-14)8(2)15/h4,11,15H,6H2,1-3H3/t11-/m1/s1. The average molecular weight is 278 g/mol. The highest BCUT2D eigenvalue weighted by atomic mass is 32.1. The molecule has 100 valence electrons. The monoisotopic (exact) mass is 278 g/mol. The van der Waals surface area contributed by atoms with E-state index in [9.17, 15) is 9.59 Å². The van der Waals surface area contributed by atoms with Gasteiger partial charge >= 0.3 is 5.97 Å². The molecule has 0 aliphatic heterocycles. The number of hydrogen-bond acceptors (Lipinski definition) is 6. The summed E-state index contributed by atoms with van der Waals surface area (Å²) in [6.45, 7) is 4.57. The summed E-state index contributed by atoms with van der Waals surface area (Å²) < 4.78 is 4.89. The zero-order valence-corrected chi connectivity index (χ0v) is 11.8. The van der Waals surface area contributed by atoms with Gasteiger partial charge in [-0.05, 0) is 26.8 Å². The van der Waals surface area contributed by atoms with Gasteiger partial charge in [0.25, 0.3) is 0 Å². The van der Waals surface area contributed by atoms with E-state index in [1.165, 1.54) is 18.3 Å². The fourth-order valence-electron chi connectivity index (χ4n) is 1.54. The van der Waals surface area contributed by atoms with Crippen molar-refractivity contribution in [3.8, 4) is 6.07 Å². The topological polar surface area (TPSA) is 91.0 Å². The molecule has 0 spiro atoms. The van der Waals surface area contributed by atoms with E-state index in [0.717, 1.165) is 9.75 Å². The van der Waals surface area contributed by atoms with Crippen molar-refractivity contribution in [1.82, 2.24) is 0 Å². The molecule has 1 atom stereocenters. The molecule has 0 aliphatic rings. The van der Waals surface area contributed by atoms with Crippen LogP contribution in [0, 0.1) is 36.5 Å². The molecule has 0 radical (unpaired) electrons. The van der Waals surface area contributed by atoms with Gasteiger partial charge in [0, 0.05) is 15.5 Å². The summed E-state index contributed by atoms with van der Waals surface area (Å²) in [5.41, 5.74) is 0.390. The van der Waals surface area contributed by atoms with Gasteiger partial charge in [-0.3, -0.25) is 4.79 Å². The molecule has 1 N–H and O–H groups in total. The number of thiophene rings is 1. The Kier molecular flexibility index (Phi) is 4.95. The SMILES string of the molecule is CC(=N)[C@@H](C#N)C(=O)COC(=O)c1cc(C)sc1C. The molecule has 1 aromatic rings. The molecule has 5 nitrogen and oxygen atoms in total. The van der Waals surface area contributed by atoms with Gasteiger partial charge in [0.05, 0.1) is 11.6 Å². The minimum atomic E-state index is -1.14. The quantitative estimate of drug-likeness (QED) is 0.660. The van der Waals surface area contributed by atoms with Crippen LogP contribution in [0.2, 0.25) is 0 Å². The van der Waals surface area contributed by atoms with Crippen molar-refractivity contribution in [2.45, 2.75) is 20.8 Å². The number of carbonyl (C=O) groups is 2. The second-order valence-corrected chi connectivity index (χ2v) is 5.57. The van der Waals surface area contributed by atoms with E-state index in [0.29, 0.717) is 5.56 Å². The van der Waals surface area contributed by atoms with Crippen LogP contribution in [-0.2, 0) is 9.53 Å². The first-order valence-corrected chi connectivity index (χ1v) is 6.40. The number of nitriles is 1. The number of carbonyl (C=O) groups excluding carboxylic acids is 2. The molecule has 1 heterocycles. The highest BCUT2D eigenvalue weighted by Gasteiger charge is 2.22. The minimum Gasteiger partial charge on any atom is -0.454 e. The maximum Gasteiger partial charge on any atom is 0.339 e. The predicted molar refractivity (Wildman–Crippen MR) is 71.6 cm³/mol. The number of nitrogens with one attached hydrogen (secondary N) is 1. The Labute approximate surface area is 115 Å². The molecule has 1 rings (SSSR count). The second-order valence-electron chi connectivity index (χ2n) is 4.11. The molecular formula is C13H14N2O3S. The van der Waals surface area contributed by atoms with E-state index in [2.05, 4.69) is 0 Å². The normalized spacial score (nSPS) is 11.5. The van der Waals surface area contributed by atoms with E-state index in [4.69, 9.17) is 15.4 Å². The maximum absolute atomic E-state index is 11.8. The first-order valence-electron chi connectivity index (χ1n) is 5.58. The lowest BCUT2D eigenvalue weighted by Crippen LogP contribution is -2.25. The Morgan fingerprint density at radius 3 is 2.58 bits per heavy atom. The van der Waals surface area contributed by atoms with Gasteiger partial charge in [0.15, 0.2) is 12.4 Å². The Hall–Kier alpha value is -2.00. The lowest BCUT2D eigenvalue weighted by atomic mass is 10.0. The lowest BCUT2D eigenvalue weighted by Gasteiger charge is -2.07. The minimum absolute atomic E-state index is 0.0499. The first kappa shape index (κ1) is 15.1. The zero-order chi connectivity index (χ0) is 14.6. The Morgan fingerprint density at radius 1 is 1.53 bits per heavy atom. The lowest BCUT2D eigenvalue weighted by molar-refractivity contribution is -0.122. The third-order valence-corrected chi connectivity index (χ3v) is 3.46. The van der Waals surface area contributed by atoms with Crippen LogP contribution in [0.1, 0.15) is 27.0 Å². The van der Waals surface area contributed by atoms with Gasteiger partial charge in [-0.15, -0.1) is 11.3 Å². The van der Waals surface area contributed by atoms with E-state index < -0.39 is 24.3 Å². The van der Waals surface area contributed by atoms with Crippen LogP contribution in [-0.4, -0.2) is 24.1 Å². The van der Waals surface area contributed by atoms with Crippen LogP contribution < -0.4 is 0 Å². The molecule has 0 saturated carbocycles. The Morgan fingerprint density at radius 2 is 2.16 bits per heavy atom. The van der Waals surface area contributed by atoms with Crippen LogP contribution in [0.25, 0.3) is 0 Å². The number of Topliss-reactive ketones (excluding diaryl/α,β-unsaturated/α-hetero) is 1. The van der Waals surface area contributed by atoms with Gasteiger partial charge in [-0.2, -0.15) is 5.26 Å². The molecule has 0 fully saturated rings. The summed E-state index contributed by atoms with van der Waals surface area (Å²) >= 11 is 1.48. The van der Waals surface area contributed by atoms with Crippen molar-refractivity contribution in [3.63, 3.8) is 0 Å². The van der Waals surface area contributed by atoms with E-state index in [-0.39, 0.29) is 5.71 Å². The average Bonchev–Trinajstić information content (AvgIpc) is 2.66. The van der Waals surface area contributed by atoms with Crippen molar-refractivity contribution in [2.75, 3.05) is 6.61 Å². The number of esters is 1. The van der Waals surface area contributed by atoms with Crippen molar-refractivity contribution < 1.29 is 14.3 Å². The molecule has 0 bridgehead atoms. The zero-order valence-electron chi connectivity index (χ0n) is 10.9. The number of aryl methyl sites for hydroxylation is 2. The van der Waals surface area contributed by atoms with E-state index >= 15 is 0 Å². The smallest absolute Gasteiger partial charge is 0.339 e. The number of ketones is 1. The molecule has 6 heteroatoms. The van der Waals surface area contributed by atoms with Crippen molar-refractivity contribution >= 4 is 28.8 Å². The molecule has 19 heavy (non-hydrogen) atoms. The van der Waals surface area contributed by atoms with Gasteiger partial charge in [-0.25, -0.2) is 4.79 Å². The van der Waals surface area contributed by atoms with Crippen LogP contribution in [0.4, 0.5) is 0 Å². The van der Waals surface area contributed by atoms with Gasteiger partial charge in [0.1, 0.15) is 5.92 Å². The molecule has 0 unspecified atom stereocenters. The van der Waals surface area contributed by atoms with E-state index in [1.54, 1.807) is 19.1 Å². The van der Waals surface area contributed by atoms with Crippen molar-refractivity contribution in [2.24, 2.45) is 5.92 Å². The van der Waals surface area contributed by atoms with Crippen molar-refractivity contribution in [3.05, 3.63) is 21.4 Å². The van der Waals surface area contributed by atoms with Gasteiger partial charge < -0.3 is 10.1 Å². The number of ether oxygens (including phenoxy) is 1. The highest BCUT2D eigenvalue weighted by molar-refractivity contribution is 7.12. The second kappa shape index (κ2) is 6.25. The highest BCUT2D eigenvalue weighted by Crippen LogP contribution is 2.21. The molecule has 0 saturated heterocycles. The van der Waals surface area contributed by atoms with Gasteiger partial charge in [0.2, 0.25) is 0 Å². The Balaban J connectivity index is 2.65. The third kappa shape index (κ3) is 3.73. The fraction of sp³-hybridized carbons (Fsp3) is 0.385. The van der Waals surface area contributed by atoms with Crippen LogP contribution in [0.3, 0.4) is 0 Å². The fourth-order valence-corrected chi connectivity index (χ4v) is 2.45. The Bertz CT molecular complexity index is 569. The van der Waals surface area contributed by atoms with Crippen LogP contribution >= 0.6 is 11.3 Å². The first-order chi connectivity index (χ1) is 8.86. The third-order valence-electron chi connectivity index (χ3n) is 2.49. The largest absolute Gasteiger partial charge is 0.454 e. The summed E-state index contributed by atoms with van der Waals surface area (Å²) in [5.74, 6) is -2.29. The van der Waals surface area contributed by atoms with Gasteiger partial charge in [-0.1, -0.05) is 0 Å². The molecule has 0 aromatic carbocycles. The van der Waals surface area contributed by atoms with E-state index in [1.807, 2.05) is 6.92 Å². The molecule has 0 amide bonds. The molecule has 0 aliphatic carbocycles. The summed E-state index contributed by atoms with van der Waals surface area (Å²) in [6, 6.07) is 3.42. The summed E-state index contributed by atoms with van der Waals surface area (Å²) in [5, 5.41) is 16.0. The number of hydrogen-bond donors (Lipinski definition) is 1. The molecule has 1 aromatic heterocycles. The summed E-state index contributed by atoms with van der Waals surface area (Å²) in [7, 11) is 0. The van der Waals surface area contributed by atoms with Crippen LogP contribution in [0.5, 0.6) is 0 Å². The number of rotatable bonds is 5. The molecular weight excluding hydrogens is 264 g/mol. The summed E-state index contributed by atoms with van der Waals surface area (Å²) in [6.07, 6.45) is 0. The maximum atomic E-state index is 11.8. The number of nitrogens with zero attached hydrogens (tertiary/aromatic N) is 1.